The minimum Gasteiger partial charge on any atom is -0.494 e. The van der Waals surface area contributed by atoms with E-state index in [1.165, 1.54) is 19.0 Å². The van der Waals surface area contributed by atoms with Gasteiger partial charge in [-0.2, -0.15) is 0 Å². The van der Waals surface area contributed by atoms with Crippen molar-refractivity contribution in [2.45, 2.75) is 39.2 Å². The molecule has 6 heteroatoms. The summed E-state index contributed by atoms with van der Waals surface area (Å²) in [5, 5.41) is 0. The Labute approximate surface area is 166 Å². The van der Waals surface area contributed by atoms with Crippen LogP contribution in [0.3, 0.4) is 0 Å². The summed E-state index contributed by atoms with van der Waals surface area (Å²) >= 11 is 0. The van der Waals surface area contributed by atoms with Crippen LogP contribution in [-0.4, -0.2) is 33.7 Å². The zero-order valence-electron chi connectivity index (χ0n) is 17.2. The largest absolute Gasteiger partial charge is 0.494 e. The van der Waals surface area contributed by atoms with Crippen molar-refractivity contribution in [2.75, 3.05) is 19.7 Å². The summed E-state index contributed by atoms with van der Waals surface area (Å²) in [5.41, 5.74) is 1.66. The van der Waals surface area contributed by atoms with Gasteiger partial charge in [0.15, 0.2) is 0 Å². The van der Waals surface area contributed by atoms with Crippen LogP contribution in [-0.2, 0) is 27.1 Å². The number of hydrogen-bond acceptors (Lipinski definition) is 4. The molecule has 1 fully saturated rings. The second-order valence-electron chi connectivity index (χ2n) is 7.71. The molecule has 0 amide bonds. The van der Waals surface area contributed by atoms with E-state index in [0.717, 1.165) is 54.3 Å². The van der Waals surface area contributed by atoms with E-state index < -0.39 is 0 Å². The summed E-state index contributed by atoms with van der Waals surface area (Å²) in [6, 6.07) is 10.0. The molecule has 1 aromatic heterocycles. The quantitative estimate of drug-likeness (QED) is 0.734. The summed E-state index contributed by atoms with van der Waals surface area (Å²) in [6.07, 6.45) is 4.62. The van der Waals surface area contributed by atoms with Crippen molar-refractivity contribution in [2.24, 2.45) is 20.0 Å². The second-order valence-corrected chi connectivity index (χ2v) is 7.71. The Kier molecular flexibility index (Phi) is 6.73. The van der Waals surface area contributed by atoms with E-state index >= 15 is 0 Å². The van der Waals surface area contributed by atoms with Crippen LogP contribution in [0.4, 0.5) is 0 Å². The number of piperidine rings is 1. The van der Waals surface area contributed by atoms with Crippen molar-refractivity contribution in [1.82, 2.24) is 14.0 Å². The van der Waals surface area contributed by atoms with Crippen molar-refractivity contribution in [3.63, 3.8) is 0 Å². The van der Waals surface area contributed by atoms with Gasteiger partial charge in [0.25, 0.3) is 5.56 Å². The smallest absolute Gasteiger partial charge is 0.330 e. The van der Waals surface area contributed by atoms with Crippen LogP contribution in [0.15, 0.2) is 39.9 Å². The Balaban J connectivity index is 1.48. The fraction of sp³-hybridized carbons (Fsp3) is 0.545. The van der Waals surface area contributed by atoms with E-state index in [4.69, 9.17) is 4.74 Å². The lowest BCUT2D eigenvalue weighted by molar-refractivity contribution is 0.169. The molecular formula is C22H31N3O3. The van der Waals surface area contributed by atoms with Crippen LogP contribution in [0.2, 0.25) is 0 Å². The summed E-state index contributed by atoms with van der Waals surface area (Å²) < 4.78 is 8.23. The Morgan fingerprint density at radius 2 is 1.71 bits per heavy atom. The molecule has 6 nitrogen and oxygen atoms in total. The fourth-order valence-electron chi connectivity index (χ4n) is 3.88. The van der Waals surface area contributed by atoms with Gasteiger partial charge in [-0.3, -0.25) is 18.8 Å². The minimum absolute atomic E-state index is 0.233. The molecule has 0 bridgehead atoms. The fourth-order valence-corrected chi connectivity index (χ4v) is 3.88. The van der Waals surface area contributed by atoms with Crippen molar-refractivity contribution >= 4 is 0 Å². The normalized spacial score (nSPS) is 15.7. The van der Waals surface area contributed by atoms with E-state index in [2.05, 4.69) is 29.2 Å². The maximum atomic E-state index is 12.1. The molecule has 0 unspecified atom stereocenters. The molecule has 0 spiro atoms. The number of aromatic nitrogens is 2. The molecule has 0 radical (unpaired) electrons. The van der Waals surface area contributed by atoms with E-state index in [0.29, 0.717) is 13.2 Å². The van der Waals surface area contributed by atoms with Gasteiger partial charge in [-0.05, 0) is 69.3 Å². The van der Waals surface area contributed by atoms with E-state index in [1.54, 1.807) is 17.7 Å². The van der Waals surface area contributed by atoms with E-state index in [-0.39, 0.29) is 11.2 Å². The molecule has 3 rings (SSSR count). The molecule has 1 saturated heterocycles. The maximum absolute atomic E-state index is 12.1. The standard InChI is InChI=1S/C22H31N3O3/c1-4-28-20-9-7-17(8-10-20)5-6-18-11-13-25(14-12-18)16-19-15-21(26)24(3)22(27)23(19)2/h7-10,15,18H,4-6,11-14,16H2,1-3H3. The first kappa shape index (κ1) is 20.4. The lowest BCUT2D eigenvalue weighted by Crippen LogP contribution is -2.40. The second kappa shape index (κ2) is 9.24. The summed E-state index contributed by atoms with van der Waals surface area (Å²) in [4.78, 5) is 26.3. The molecular weight excluding hydrogens is 354 g/mol. The minimum atomic E-state index is -0.257. The predicted octanol–water partition coefficient (Wildman–Crippen LogP) is 2.33. The zero-order chi connectivity index (χ0) is 20.1. The molecule has 0 atom stereocenters. The molecule has 1 aromatic carbocycles. The summed E-state index contributed by atoms with van der Waals surface area (Å²) in [5.74, 6) is 1.67. The topological polar surface area (TPSA) is 56.5 Å². The average molecular weight is 386 g/mol. The number of nitrogens with zero attached hydrogens (tertiary/aromatic N) is 3. The summed E-state index contributed by atoms with van der Waals surface area (Å²) in [6.45, 7) is 5.38. The number of aryl methyl sites for hydroxylation is 1. The number of hydrogen-bond donors (Lipinski definition) is 0. The lowest BCUT2D eigenvalue weighted by Gasteiger charge is -2.32. The summed E-state index contributed by atoms with van der Waals surface area (Å²) in [7, 11) is 3.25. The van der Waals surface area contributed by atoms with Gasteiger partial charge >= 0.3 is 5.69 Å². The van der Waals surface area contributed by atoms with Crippen molar-refractivity contribution in [3.8, 4) is 5.75 Å². The maximum Gasteiger partial charge on any atom is 0.330 e. The van der Waals surface area contributed by atoms with Gasteiger partial charge in [-0.25, -0.2) is 4.79 Å². The predicted molar refractivity (Wildman–Crippen MR) is 111 cm³/mol. The van der Waals surface area contributed by atoms with E-state index in [1.807, 2.05) is 6.92 Å². The monoisotopic (exact) mass is 385 g/mol. The molecule has 0 saturated carbocycles. The van der Waals surface area contributed by atoms with Gasteiger partial charge in [0.05, 0.1) is 6.61 Å². The van der Waals surface area contributed by atoms with Gasteiger partial charge in [-0.1, -0.05) is 12.1 Å². The van der Waals surface area contributed by atoms with Crippen LogP contribution in [0.1, 0.15) is 37.4 Å². The molecule has 152 valence electrons. The van der Waals surface area contributed by atoms with Gasteiger partial charge in [-0.15, -0.1) is 0 Å². The molecule has 0 aliphatic carbocycles. The molecule has 2 aromatic rings. The number of rotatable bonds is 7. The molecule has 1 aliphatic rings. The highest BCUT2D eigenvalue weighted by molar-refractivity contribution is 5.27. The third-order valence-electron chi connectivity index (χ3n) is 5.79. The Morgan fingerprint density at radius 1 is 1.04 bits per heavy atom. The third-order valence-corrected chi connectivity index (χ3v) is 5.79. The molecule has 2 heterocycles. The Morgan fingerprint density at radius 3 is 2.36 bits per heavy atom. The van der Waals surface area contributed by atoms with Crippen molar-refractivity contribution < 1.29 is 4.74 Å². The van der Waals surface area contributed by atoms with Gasteiger partial charge in [0.2, 0.25) is 0 Å². The van der Waals surface area contributed by atoms with Gasteiger partial charge < -0.3 is 4.74 Å². The molecule has 0 N–H and O–H groups in total. The van der Waals surface area contributed by atoms with Gasteiger partial charge in [0, 0.05) is 32.4 Å². The number of ether oxygens (including phenoxy) is 1. The van der Waals surface area contributed by atoms with Crippen molar-refractivity contribution in [1.29, 1.82) is 0 Å². The number of likely N-dealkylation sites (tertiary alicyclic amines) is 1. The SMILES string of the molecule is CCOc1ccc(CCC2CCN(Cc3cc(=O)n(C)c(=O)n3C)CC2)cc1. The van der Waals surface area contributed by atoms with Crippen LogP contribution in [0.25, 0.3) is 0 Å². The Bertz CT molecular complexity index is 891. The highest BCUT2D eigenvalue weighted by Crippen LogP contribution is 2.24. The number of benzene rings is 1. The Hall–Kier alpha value is -2.34. The lowest BCUT2D eigenvalue weighted by atomic mass is 9.90. The van der Waals surface area contributed by atoms with Crippen LogP contribution in [0, 0.1) is 5.92 Å². The van der Waals surface area contributed by atoms with Crippen LogP contribution >= 0.6 is 0 Å². The highest BCUT2D eigenvalue weighted by Gasteiger charge is 2.20. The first-order valence-electron chi connectivity index (χ1n) is 10.2. The third kappa shape index (κ3) is 4.93. The van der Waals surface area contributed by atoms with E-state index in [9.17, 15) is 9.59 Å². The highest BCUT2D eigenvalue weighted by atomic mass is 16.5. The van der Waals surface area contributed by atoms with Crippen molar-refractivity contribution in [3.05, 3.63) is 62.4 Å². The van der Waals surface area contributed by atoms with Gasteiger partial charge in [0.1, 0.15) is 5.75 Å². The zero-order valence-corrected chi connectivity index (χ0v) is 17.2. The molecule has 28 heavy (non-hydrogen) atoms. The van der Waals surface area contributed by atoms with Crippen LogP contribution < -0.4 is 16.0 Å². The first-order chi connectivity index (χ1) is 13.5. The first-order valence-corrected chi connectivity index (χ1v) is 10.2. The molecule has 1 aliphatic heterocycles. The van der Waals surface area contributed by atoms with Crippen LogP contribution in [0.5, 0.6) is 5.75 Å². The average Bonchev–Trinajstić information content (AvgIpc) is 2.71.